The molecule has 0 unspecified atom stereocenters. The number of carbonyl (C=O) groups excluding carboxylic acids is 3. The first-order chi connectivity index (χ1) is 19.2. The Morgan fingerprint density at radius 2 is 1.23 bits per heavy atom. The van der Waals surface area contributed by atoms with Crippen molar-refractivity contribution in [2.24, 2.45) is 0 Å². The molecule has 202 valence electrons. The number of nitrogens with one attached hydrogen (secondary N) is 2. The molecule has 1 fully saturated rings. The first-order valence-electron chi connectivity index (χ1n) is 12.4. The van der Waals surface area contributed by atoms with E-state index in [0.29, 0.717) is 42.2 Å². The van der Waals surface area contributed by atoms with Gasteiger partial charge in [0, 0.05) is 42.2 Å². The molecule has 0 saturated carbocycles. The number of amides is 2. The number of ketones is 1. The Hall–Kier alpha value is -3.85. The second-order valence-corrected chi connectivity index (χ2v) is 11.2. The van der Waals surface area contributed by atoms with Gasteiger partial charge in [-0.05, 0) is 85.0 Å². The quantitative estimate of drug-likeness (QED) is 0.257. The van der Waals surface area contributed by atoms with E-state index in [2.05, 4.69) is 72.7 Å². The second kappa shape index (κ2) is 13.5. The van der Waals surface area contributed by atoms with Crippen molar-refractivity contribution in [3.05, 3.63) is 129 Å². The molecule has 0 aromatic heterocycles. The lowest BCUT2D eigenvalue weighted by Gasteiger charge is -2.30. The molecule has 0 spiro atoms. The fraction of sp³-hybridized carbons (Fsp3) is 0.0938. The molecule has 2 N–H and O–H groups in total. The molecule has 3 aromatic rings. The predicted octanol–water partition coefficient (Wildman–Crippen LogP) is 6.93. The molecule has 0 bridgehead atoms. The molecule has 4 rings (SSSR count). The predicted molar refractivity (Wildman–Crippen MR) is 169 cm³/mol. The van der Waals surface area contributed by atoms with Crippen LogP contribution in [0.5, 0.6) is 0 Å². The van der Waals surface area contributed by atoms with Crippen LogP contribution in [0.1, 0.15) is 16.7 Å². The van der Waals surface area contributed by atoms with Crippen LogP contribution in [-0.4, -0.2) is 35.6 Å². The maximum atomic E-state index is 13.7. The van der Waals surface area contributed by atoms with E-state index in [0.717, 1.165) is 16.7 Å². The third-order valence-electron chi connectivity index (χ3n) is 6.08. The topological polar surface area (TPSA) is 78.5 Å². The van der Waals surface area contributed by atoms with E-state index < -0.39 is 0 Å². The number of likely N-dealkylation sites (tertiary alicyclic amines) is 1. The van der Waals surface area contributed by atoms with E-state index in [9.17, 15) is 14.4 Å². The van der Waals surface area contributed by atoms with Crippen LogP contribution >= 0.6 is 31.9 Å². The highest BCUT2D eigenvalue weighted by atomic mass is 79.9. The van der Waals surface area contributed by atoms with Gasteiger partial charge in [-0.3, -0.25) is 19.3 Å². The van der Waals surface area contributed by atoms with Crippen molar-refractivity contribution in [2.75, 3.05) is 23.7 Å². The van der Waals surface area contributed by atoms with Gasteiger partial charge in [0.25, 0.3) is 11.8 Å². The zero-order valence-corrected chi connectivity index (χ0v) is 24.8. The summed E-state index contributed by atoms with van der Waals surface area (Å²) in [6, 6.07) is 24.7. The van der Waals surface area contributed by atoms with Gasteiger partial charge in [-0.2, -0.15) is 0 Å². The molecule has 1 aliphatic rings. The fourth-order valence-electron chi connectivity index (χ4n) is 4.28. The molecular weight excluding hydrogens is 634 g/mol. The van der Waals surface area contributed by atoms with Crippen molar-refractivity contribution in [1.29, 1.82) is 0 Å². The van der Waals surface area contributed by atoms with Crippen LogP contribution in [0.2, 0.25) is 0 Å². The Morgan fingerprint density at radius 1 is 0.750 bits per heavy atom. The van der Waals surface area contributed by atoms with E-state index in [-0.39, 0.29) is 26.6 Å². The summed E-state index contributed by atoms with van der Waals surface area (Å²) in [5.41, 5.74) is 5.22. The van der Waals surface area contributed by atoms with Crippen LogP contribution in [0.4, 0.5) is 11.4 Å². The number of piperidine rings is 1. The lowest BCUT2D eigenvalue weighted by atomic mass is 9.93. The van der Waals surface area contributed by atoms with Gasteiger partial charge in [-0.25, -0.2) is 0 Å². The number of nitrogens with zero attached hydrogens (tertiary/aromatic N) is 1. The van der Waals surface area contributed by atoms with Crippen molar-refractivity contribution >= 4 is 73.0 Å². The van der Waals surface area contributed by atoms with Crippen LogP contribution in [0.25, 0.3) is 12.2 Å². The fourth-order valence-corrected chi connectivity index (χ4v) is 4.47. The number of hydrogen-bond acceptors (Lipinski definition) is 4. The Labute approximate surface area is 250 Å². The molecule has 1 aliphatic heterocycles. The molecule has 2 amide bonds. The van der Waals surface area contributed by atoms with Crippen molar-refractivity contribution in [3.8, 4) is 0 Å². The standard InChI is InChI=1S/C32H27Br2N3O3/c1-21(33)31(39)35-28-12-6-10-24(16-28)14-26-19-37(18-23-8-4-3-5-9-23)20-27(30(26)38)15-25-11-7-13-29(17-25)36-32(40)22(2)34/h3-17H,1-2,18-20H2,(H,35,39)(H,36,40)/b26-14+,27-15+. The number of carbonyl (C=O) groups is 3. The molecular formula is C32H27Br2N3O3. The van der Waals surface area contributed by atoms with Crippen molar-refractivity contribution < 1.29 is 14.4 Å². The minimum absolute atomic E-state index is 0.0455. The lowest BCUT2D eigenvalue weighted by Crippen LogP contribution is -2.37. The van der Waals surface area contributed by atoms with Crippen molar-refractivity contribution in [3.63, 3.8) is 0 Å². The summed E-state index contributed by atoms with van der Waals surface area (Å²) in [5, 5.41) is 5.56. The molecule has 1 saturated heterocycles. The first kappa shape index (κ1) is 29.1. The molecule has 1 heterocycles. The minimum atomic E-state index is -0.336. The molecule has 0 radical (unpaired) electrons. The zero-order chi connectivity index (χ0) is 28.6. The van der Waals surface area contributed by atoms with Gasteiger partial charge in [0.15, 0.2) is 5.78 Å². The summed E-state index contributed by atoms with van der Waals surface area (Å²) in [7, 11) is 0. The maximum Gasteiger partial charge on any atom is 0.262 e. The van der Waals surface area contributed by atoms with Gasteiger partial charge < -0.3 is 10.6 Å². The normalized spacial score (nSPS) is 15.6. The Morgan fingerprint density at radius 3 is 1.68 bits per heavy atom. The average molecular weight is 661 g/mol. The van der Waals surface area contributed by atoms with Gasteiger partial charge in [0.1, 0.15) is 0 Å². The van der Waals surface area contributed by atoms with Crippen LogP contribution in [-0.2, 0) is 20.9 Å². The molecule has 3 aromatic carbocycles. The third-order valence-corrected chi connectivity index (χ3v) is 6.80. The van der Waals surface area contributed by atoms with Crippen molar-refractivity contribution in [1.82, 2.24) is 4.90 Å². The maximum absolute atomic E-state index is 13.7. The highest BCUT2D eigenvalue weighted by Gasteiger charge is 2.26. The molecule has 6 nitrogen and oxygen atoms in total. The van der Waals surface area contributed by atoms with Gasteiger partial charge in [0.05, 0.1) is 8.96 Å². The van der Waals surface area contributed by atoms with E-state index in [1.165, 1.54) is 0 Å². The summed E-state index contributed by atoms with van der Waals surface area (Å²) in [5.74, 6) is -0.718. The van der Waals surface area contributed by atoms with Crippen LogP contribution in [0.3, 0.4) is 0 Å². The first-order valence-corrected chi connectivity index (χ1v) is 14.0. The van der Waals surface area contributed by atoms with E-state index >= 15 is 0 Å². The number of hydrogen-bond donors (Lipinski definition) is 2. The smallest absolute Gasteiger partial charge is 0.262 e. The summed E-state index contributed by atoms with van der Waals surface area (Å²) < 4.78 is 0.455. The SMILES string of the molecule is C=C(Br)C(=O)Nc1cccc(/C=C2\CN(Cc3ccccc3)C/C(=C\c3cccc(NC(=O)C(=C)Br)c3)C2=O)c1. The second-order valence-electron chi connectivity index (χ2n) is 9.27. The Kier molecular flexibility index (Phi) is 9.82. The molecule has 0 aliphatic carbocycles. The van der Waals surface area contributed by atoms with Gasteiger partial charge in [0.2, 0.25) is 0 Å². The molecule has 40 heavy (non-hydrogen) atoms. The number of halogens is 2. The summed E-state index contributed by atoms with van der Waals surface area (Å²) in [6.45, 7) is 8.83. The van der Waals surface area contributed by atoms with E-state index in [1.807, 2.05) is 66.7 Å². The average Bonchev–Trinajstić information content (AvgIpc) is 2.92. The third kappa shape index (κ3) is 8.08. The summed E-state index contributed by atoms with van der Waals surface area (Å²) >= 11 is 6.18. The van der Waals surface area contributed by atoms with E-state index in [4.69, 9.17) is 0 Å². The van der Waals surface area contributed by atoms with Gasteiger partial charge in [-0.1, -0.05) is 67.8 Å². The Balaban J connectivity index is 1.66. The van der Waals surface area contributed by atoms with Gasteiger partial charge in [-0.15, -0.1) is 0 Å². The summed E-state index contributed by atoms with van der Waals surface area (Å²) in [6.07, 6.45) is 3.73. The number of rotatable bonds is 8. The Bertz CT molecular complexity index is 1450. The summed E-state index contributed by atoms with van der Waals surface area (Å²) in [4.78, 5) is 40.0. The lowest BCUT2D eigenvalue weighted by molar-refractivity contribution is -0.113. The largest absolute Gasteiger partial charge is 0.322 e. The molecule has 8 heteroatoms. The minimum Gasteiger partial charge on any atom is -0.322 e. The molecule has 0 atom stereocenters. The number of anilines is 2. The van der Waals surface area contributed by atoms with E-state index in [1.54, 1.807) is 12.1 Å². The van der Waals surface area contributed by atoms with Crippen LogP contribution < -0.4 is 10.6 Å². The van der Waals surface area contributed by atoms with Gasteiger partial charge >= 0.3 is 0 Å². The monoisotopic (exact) mass is 659 g/mol. The van der Waals surface area contributed by atoms with Crippen LogP contribution in [0, 0.1) is 0 Å². The van der Waals surface area contributed by atoms with Crippen LogP contribution in [0.15, 0.2) is 112 Å². The van der Waals surface area contributed by atoms with Crippen molar-refractivity contribution in [2.45, 2.75) is 6.54 Å². The zero-order valence-electron chi connectivity index (χ0n) is 21.6. The highest BCUT2D eigenvalue weighted by Crippen LogP contribution is 2.25. The number of Topliss-reactive ketones (excluding diaryl/α,β-unsaturated/α-hetero) is 1. The highest BCUT2D eigenvalue weighted by molar-refractivity contribution is 9.12. The number of benzene rings is 3.